The van der Waals surface area contributed by atoms with Crippen LogP contribution in [0.5, 0.6) is 0 Å². The van der Waals surface area contributed by atoms with Crippen LogP contribution in [0.4, 0.5) is 9.59 Å². The number of aromatic nitrogens is 4. The number of ether oxygens (including phenoxy) is 2. The number of carbonyl (C=O) groups is 4. The van der Waals surface area contributed by atoms with E-state index >= 15 is 0 Å². The van der Waals surface area contributed by atoms with E-state index in [1.54, 1.807) is 0 Å². The maximum absolute atomic E-state index is 14.3. The van der Waals surface area contributed by atoms with E-state index in [1.807, 2.05) is 82.9 Å². The van der Waals surface area contributed by atoms with Crippen LogP contribution in [0, 0.1) is 11.8 Å². The number of likely N-dealkylation sites (tertiary alicyclic amines) is 2. The van der Waals surface area contributed by atoms with Crippen molar-refractivity contribution in [2.75, 3.05) is 14.2 Å². The Morgan fingerprint density at radius 3 is 1.55 bits per heavy atom. The highest BCUT2D eigenvalue weighted by Crippen LogP contribution is 2.44. The first-order chi connectivity index (χ1) is 30.9. The Balaban J connectivity index is 0.912. The van der Waals surface area contributed by atoms with Gasteiger partial charge in [-0.3, -0.25) is 9.59 Å². The Kier molecular flexibility index (Phi) is 13.2. The molecule has 2 aromatic heterocycles. The number of hydrogen-bond donors (Lipinski definition) is 4. The van der Waals surface area contributed by atoms with E-state index in [2.05, 4.69) is 72.6 Å². The number of hydrogen-bond acceptors (Lipinski definition) is 8. The Bertz CT molecular complexity index is 2390. The first-order valence-corrected chi connectivity index (χ1v) is 22.6. The fourth-order valence-electron chi connectivity index (χ4n) is 10.2. The minimum absolute atomic E-state index is 0.0497. The summed E-state index contributed by atoms with van der Waals surface area (Å²) in [6.07, 6.45) is 8.11. The van der Waals surface area contributed by atoms with Gasteiger partial charge in [0, 0.05) is 29.9 Å². The third-order valence-corrected chi connectivity index (χ3v) is 14.3. The Morgan fingerprint density at radius 1 is 0.609 bits per heavy atom. The average molecular weight is 869 g/mol. The number of nitrogens with one attached hydrogen (secondary N) is 4. The molecule has 2 saturated heterocycles. The molecule has 4 amide bonds. The molecule has 5 aromatic rings. The van der Waals surface area contributed by atoms with Crippen molar-refractivity contribution in [3.8, 4) is 11.3 Å². The van der Waals surface area contributed by atoms with Gasteiger partial charge in [-0.1, -0.05) is 98.8 Å². The summed E-state index contributed by atoms with van der Waals surface area (Å²) in [7, 11) is 2.59. The SMILES string of the molecule is COC(=O)N[C@@H](C(=O)N1[C@H](C)[C@H](C)C[C@H]1c1ncc(-c2ccc([C@H]3CC[C@H](c4cnc([C@@H]5C[C@@H](C)[C@@H](C)N5C(=O)[C@H](NC(=O)OC)c5ccccc5)[nH]4)CC3)cc2)[nH]1)c1ccccc1. The van der Waals surface area contributed by atoms with Crippen LogP contribution < -0.4 is 10.6 Å². The number of nitrogens with zero attached hydrogens (tertiary/aromatic N) is 4. The molecule has 3 aliphatic rings. The molecule has 1 aliphatic carbocycles. The zero-order valence-electron chi connectivity index (χ0n) is 37.5. The molecular formula is C50H60N8O6. The van der Waals surface area contributed by atoms with Crippen LogP contribution in [0.1, 0.15) is 136 Å². The molecule has 1 saturated carbocycles. The van der Waals surface area contributed by atoms with Crippen molar-refractivity contribution >= 4 is 24.0 Å². The van der Waals surface area contributed by atoms with Gasteiger partial charge in [-0.2, -0.15) is 0 Å². The van der Waals surface area contributed by atoms with Gasteiger partial charge in [-0.05, 0) is 92.4 Å². The zero-order chi connectivity index (χ0) is 45.1. The molecule has 336 valence electrons. The largest absolute Gasteiger partial charge is 0.453 e. The molecule has 14 heteroatoms. The maximum atomic E-state index is 14.3. The second kappa shape index (κ2) is 19.1. The highest BCUT2D eigenvalue weighted by molar-refractivity contribution is 5.88. The smallest absolute Gasteiger partial charge is 0.407 e. The van der Waals surface area contributed by atoms with Crippen molar-refractivity contribution in [3.63, 3.8) is 0 Å². The Hall–Kier alpha value is -6.44. The number of rotatable bonds is 11. The molecule has 0 radical (unpaired) electrons. The molecule has 4 heterocycles. The molecule has 14 nitrogen and oxygen atoms in total. The molecule has 4 N–H and O–H groups in total. The van der Waals surface area contributed by atoms with Crippen molar-refractivity contribution in [1.82, 2.24) is 40.4 Å². The van der Waals surface area contributed by atoms with E-state index in [4.69, 9.17) is 19.4 Å². The summed E-state index contributed by atoms with van der Waals surface area (Å²) in [6, 6.07) is 24.8. The van der Waals surface area contributed by atoms with E-state index in [9.17, 15) is 19.2 Å². The van der Waals surface area contributed by atoms with Crippen LogP contribution in [-0.4, -0.2) is 80.0 Å². The summed E-state index contributed by atoms with van der Waals surface area (Å²) in [6.45, 7) is 8.42. The van der Waals surface area contributed by atoms with Gasteiger partial charge in [0.2, 0.25) is 0 Å². The van der Waals surface area contributed by atoms with Gasteiger partial charge in [0.15, 0.2) is 0 Å². The lowest BCUT2D eigenvalue weighted by Crippen LogP contribution is -2.46. The monoisotopic (exact) mass is 868 g/mol. The van der Waals surface area contributed by atoms with Gasteiger partial charge in [-0.25, -0.2) is 19.6 Å². The van der Waals surface area contributed by atoms with Gasteiger partial charge in [-0.15, -0.1) is 0 Å². The number of H-pyrrole nitrogens is 2. The minimum atomic E-state index is -0.899. The van der Waals surface area contributed by atoms with E-state index < -0.39 is 24.3 Å². The minimum Gasteiger partial charge on any atom is -0.453 e. The van der Waals surface area contributed by atoms with Crippen molar-refractivity contribution in [1.29, 1.82) is 0 Å². The van der Waals surface area contributed by atoms with E-state index in [1.165, 1.54) is 19.8 Å². The molecule has 8 atom stereocenters. The van der Waals surface area contributed by atoms with Gasteiger partial charge in [0.05, 0.1) is 38.2 Å². The number of imidazole rings is 2. The predicted molar refractivity (Wildman–Crippen MR) is 242 cm³/mol. The van der Waals surface area contributed by atoms with E-state index in [-0.39, 0.29) is 47.8 Å². The van der Waals surface area contributed by atoms with Gasteiger partial charge in [0.25, 0.3) is 11.8 Å². The standard InChI is InChI=1S/C50H60N8O6/c1-29-25-41(57(31(29)3)47(59)43(55-49(61)63-5)37-13-9-7-10-14-37)45-51-27-39(53-45)35-21-17-33(18-22-35)34-19-23-36(24-20-34)40-28-52-46(54-40)42-26-30(2)32(4)58(42)48(60)44(56-50(62)64-6)38-15-11-8-12-16-38/h7-18,21-22,27-32,34,36,41-44H,19-20,23-26H2,1-6H3,(H,51,53)(H,52,54)(H,55,61)(H,56,62)/t29-,30-,31-,32-,34-,36-,41+,42+,43-,44-/m1/s1. The molecule has 3 aromatic carbocycles. The zero-order valence-corrected chi connectivity index (χ0v) is 37.5. The average Bonchev–Trinajstić information content (AvgIpc) is 4.14. The first kappa shape index (κ1) is 44.2. The molecule has 0 bridgehead atoms. The Labute approximate surface area is 374 Å². The van der Waals surface area contributed by atoms with Gasteiger partial charge in [0.1, 0.15) is 23.7 Å². The summed E-state index contributed by atoms with van der Waals surface area (Å²) >= 11 is 0. The molecule has 0 unspecified atom stereocenters. The Morgan fingerprint density at radius 2 is 1.06 bits per heavy atom. The fraction of sp³-hybridized carbons (Fsp3) is 0.440. The van der Waals surface area contributed by atoms with Gasteiger partial charge >= 0.3 is 12.2 Å². The van der Waals surface area contributed by atoms with Crippen LogP contribution >= 0.6 is 0 Å². The van der Waals surface area contributed by atoms with Crippen LogP contribution in [0.15, 0.2) is 97.3 Å². The summed E-state index contributed by atoms with van der Waals surface area (Å²) in [5, 5.41) is 5.53. The summed E-state index contributed by atoms with van der Waals surface area (Å²) in [4.78, 5) is 74.0. The summed E-state index contributed by atoms with van der Waals surface area (Å²) in [5.74, 6) is 2.35. The second-order valence-electron chi connectivity index (χ2n) is 18.0. The molecule has 64 heavy (non-hydrogen) atoms. The fourth-order valence-corrected chi connectivity index (χ4v) is 10.2. The van der Waals surface area contributed by atoms with Crippen molar-refractivity contribution < 1.29 is 28.7 Å². The number of aromatic amines is 2. The normalized spacial score (nSPS) is 25.3. The van der Waals surface area contributed by atoms with Crippen LogP contribution in [-0.2, 0) is 19.1 Å². The molecule has 3 fully saturated rings. The quantitative estimate of drug-likeness (QED) is 0.102. The van der Waals surface area contributed by atoms with Crippen LogP contribution in [0.25, 0.3) is 11.3 Å². The van der Waals surface area contributed by atoms with Crippen molar-refractivity contribution in [2.24, 2.45) is 11.8 Å². The highest BCUT2D eigenvalue weighted by Gasteiger charge is 2.46. The maximum Gasteiger partial charge on any atom is 0.407 e. The predicted octanol–water partition coefficient (Wildman–Crippen LogP) is 9.03. The highest BCUT2D eigenvalue weighted by atomic mass is 16.5. The number of amides is 4. The molecule has 0 spiro atoms. The van der Waals surface area contributed by atoms with Gasteiger partial charge < -0.3 is 39.9 Å². The van der Waals surface area contributed by atoms with Crippen LogP contribution in [0.3, 0.4) is 0 Å². The number of carbonyl (C=O) groups excluding carboxylic acids is 4. The molecular weight excluding hydrogens is 809 g/mol. The summed E-state index contributed by atoms with van der Waals surface area (Å²) < 4.78 is 9.79. The summed E-state index contributed by atoms with van der Waals surface area (Å²) in [5.41, 5.74) is 5.70. The lowest BCUT2D eigenvalue weighted by molar-refractivity contribution is -0.137. The lowest BCUT2D eigenvalue weighted by atomic mass is 9.77. The number of alkyl carbamates (subject to hydrolysis) is 2. The number of benzene rings is 3. The lowest BCUT2D eigenvalue weighted by Gasteiger charge is -2.32. The third kappa shape index (κ3) is 9.00. The number of methoxy groups -OCH3 is 2. The van der Waals surface area contributed by atoms with Crippen molar-refractivity contribution in [3.05, 3.63) is 131 Å². The van der Waals surface area contributed by atoms with E-state index in [0.717, 1.165) is 67.1 Å². The molecule has 8 rings (SSSR count). The molecule has 2 aliphatic heterocycles. The van der Waals surface area contributed by atoms with Crippen LogP contribution in [0.2, 0.25) is 0 Å². The van der Waals surface area contributed by atoms with Crippen molar-refractivity contribution in [2.45, 2.75) is 114 Å². The first-order valence-electron chi connectivity index (χ1n) is 22.6. The topological polar surface area (TPSA) is 175 Å². The van der Waals surface area contributed by atoms with E-state index in [0.29, 0.717) is 23.0 Å². The third-order valence-electron chi connectivity index (χ3n) is 14.3. The second-order valence-corrected chi connectivity index (χ2v) is 18.0.